The number of carbonyl (C=O) groups is 1. The van der Waals surface area contributed by atoms with Crippen LogP contribution in [0.2, 0.25) is 0 Å². The normalized spacial score (nSPS) is 12.5. The van der Waals surface area contributed by atoms with Crippen molar-refractivity contribution in [2.75, 3.05) is 11.9 Å². The molecule has 0 saturated heterocycles. The highest BCUT2D eigenvalue weighted by Gasteiger charge is 2.17. The zero-order chi connectivity index (χ0) is 12.1. The Morgan fingerprint density at radius 1 is 1.56 bits per heavy atom. The molecule has 0 saturated carbocycles. The fourth-order valence-electron chi connectivity index (χ4n) is 1.44. The van der Waals surface area contributed by atoms with E-state index in [9.17, 15) is 4.79 Å². The molecular weight excluding hydrogens is 222 g/mol. The van der Waals surface area contributed by atoms with Crippen LogP contribution in [0, 0.1) is 19.8 Å². The second-order valence-corrected chi connectivity index (χ2v) is 5.07. The molecule has 3 N–H and O–H groups in total. The Morgan fingerprint density at radius 2 is 2.25 bits per heavy atom. The van der Waals surface area contributed by atoms with E-state index in [1.165, 1.54) is 11.3 Å². The van der Waals surface area contributed by atoms with Crippen LogP contribution < -0.4 is 11.1 Å². The third-order valence-electron chi connectivity index (χ3n) is 2.55. The maximum Gasteiger partial charge on any atom is 0.230 e. The van der Waals surface area contributed by atoms with Crippen LogP contribution in [-0.2, 0) is 4.79 Å². The SMILES string of the molecule is CCCC(CN)C(=O)Nc1nc(C)c(C)s1. The Morgan fingerprint density at radius 3 is 2.69 bits per heavy atom. The van der Waals surface area contributed by atoms with Crippen molar-refractivity contribution in [3.63, 3.8) is 0 Å². The van der Waals surface area contributed by atoms with Crippen LogP contribution in [-0.4, -0.2) is 17.4 Å². The molecule has 4 nitrogen and oxygen atoms in total. The van der Waals surface area contributed by atoms with Crippen LogP contribution in [0.4, 0.5) is 5.13 Å². The zero-order valence-electron chi connectivity index (χ0n) is 10.0. The van der Waals surface area contributed by atoms with Crippen molar-refractivity contribution in [1.29, 1.82) is 0 Å². The number of aryl methyl sites for hydroxylation is 2. The first-order chi connectivity index (χ1) is 7.58. The summed E-state index contributed by atoms with van der Waals surface area (Å²) in [5.41, 5.74) is 6.54. The van der Waals surface area contributed by atoms with Crippen LogP contribution in [0.1, 0.15) is 30.3 Å². The highest BCUT2D eigenvalue weighted by Crippen LogP contribution is 2.21. The van der Waals surface area contributed by atoms with Crippen LogP contribution in [0.15, 0.2) is 0 Å². The Labute approximate surface area is 100 Å². The number of nitrogens with zero attached hydrogens (tertiary/aromatic N) is 1. The van der Waals surface area contributed by atoms with Gasteiger partial charge in [0.05, 0.1) is 11.6 Å². The average Bonchev–Trinajstić information content (AvgIpc) is 2.54. The van der Waals surface area contributed by atoms with E-state index in [-0.39, 0.29) is 11.8 Å². The van der Waals surface area contributed by atoms with E-state index in [1.807, 2.05) is 20.8 Å². The molecule has 0 bridgehead atoms. The molecule has 0 aliphatic carbocycles. The van der Waals surface area contributed by atoms with E-state index in [0.717, 1.165) is 23.4 Å². The van der Waals surface area contributed by atoms with Gasteiger partial charge in [0.2, 0.25) is 5.91 Å². The van der Waals surface area contributed by atoms with Gasteiger partial charge in [-0.05, 0) is 20.3 Å². The van der Waals surface area contributed by atoms with Crippen molar-refractivity contribution in [3.05, 3.63) is 10.6 Å². The predicted molar refractivity (Wildman–Crippen MR) is 67.7 cm³/mol. The second kappa shape index (κ2) is 5.96. The van der Waals surface area contributed by atoms with Crippen molar-refractivity contribution < 1.29 is 4.79 Å². The van der Waals surface area contributed by atoms with Gasteiger partial charge in [0.25, 0.3) is 0 Å². The van der Waals surface area contributed by atoms with E-state index in [1.54, 1.807) is 0 Å². The van der Waals surface area contributed by atoms with Gasteiger partial charge >= 0.3 is 0 Å². The molecule has 90 valence electrons. The van der Waals surface area contributed by atoms with Crippen LogP contribution in [0.5, 0.6) is 0 Å². The number of amides is 1. The molecule has 1 heterocycles. The number of aromatic nitrogens is 1. The molecule has 1 atom stereocenters. The van der Waals surface area contributed by atoms with E-state index in [4.69, 9.17) is 5.73 Å². The van der Waals surface area contributed by atoms with E-state index < -0.39 is 0 Å². The zero-order valence-corrected chi connectivity index (χ0v) is 10.9. The van der Waals surface area contributed by atoms with Gasteiger partial charge in [0, 0.05) is 11.4 Å². The van der Waals surface area contributed by atoms with Gasteiger partial charge < -0.3 is 11.1 Å². The summed E-state index contributed by atoms with van der Waals surface area (Å²) >= 11 is 1.50. The minimum absolute atomic E-state index is 0.0156. The quantitative estimate of drug-likeness (QED) is 0.829. The lowest BCUT2D eigenvalue weighted by molar-refractivity contribution is -0.119. The van der Waals surface area contributed by atoms with Crippen LogP contribution in [0.25, 0.3) is 0 Å². The Kier molecular flexibility index (Phi) is 4.89. The summed E-state index contributed by atoms with van der Waals surface area (Å²) in [6.45, 7) is 6.37. The molecule has 0 fully saturated rings. The molecule has 1 amide bonds. The number of nitrogens with two attached hydrogens (primary N) is 1. The van der Waals surface area contributed by atoms with Crippen molar-refractivity contribution in [2.24, 2.45) is 11.7 Å². The number of anilines is 1. The van der Waals surface area contributed by atoms with Gasteiger partial charge in [-0.15, -0.1) is 11.3 Å². The summed E-state index contributed by atoms with van der Waals surface area (Å²) in [6, 6.07) is 0. The smallest absolute Gasteiger partial charge is 0.230 e. The van der Waals surface area contributed by atoms with Crippen molar-refractivity contribution in [2.45, 2.75) is 33.6 Å². The molecular formula is C11H19N3OS. The van der Waals surface area contributed by atoms with Gasteiger partial charge in [-0.2, -0.15) is 0 Å². The summed E-state index contributed by atoms with van der Waals surface area (Å²) in [5, 5.41) is 3.50. The van der Waals surface area contributed by atoms with Crippen LogP contribution in [0.3, 0.4) is 0 Å². The molecule has 0 spiro atoms. The van der Waals surface area contributed by atoms with Gasteiger partial charge in [0.1, 0.15) is 0 Å². The first-order valence-electron chi connectivity index (χ1n) is 5.53. The van der Waals surface area contributed by atoms with Crippen molar-refractivity contribution in [3.8, 4) is 0 Å². The third-order valence-corrected chi connectivity index (χ3v) is 3.54. The molecule has 0 aliphatic heterocycles. The molecule has 5 heteroatoms. The maximum absolute atomic E-state index is 11.8. The second-order valence-electron chi connectivity index (χ2n) is 3.87. The topological polar surface area (TPSA) is 68.0 Å². The van der Waals surface area contributed by atoms with Crippen molar-refractivity contribution >= 4 is 22.4 Å². The number of nitrogens with one attached hydrogen (secondary N) is 1. The summed E-state index contributed by atoms with van der Waals surface area (Å²) in [7, 11) is 0. The lowest BCUT2D eigenvalue weighted by Gasteiger charge is -2.11. The van der Waals surface area contributed by atoms with E-state index in [2.05, 4.69) is 10.3 Å². The maximum atomic E-state index is 11.8. The molecule has 1 rings (SSSR count). The lowest BCUT2D eigenvalue weighted by atomic mass is 10.0. The standard InChI is InChI=1S/C11H19N3OS/c1-4-5-9(6-12)10(15)14-11-13-7(2)8(3)16-11/h9H,4-6,12H2,1-3H3,(H,13,14,15). The molecule has 0 radical (unpaired) electrons. The largest absolute Gasteiger partial charge is 0.330 e. The first kappa shape index (κ1) is 13.1. The van der Waals surface area contributed by atoms with Crippen LogP contribution >= 0.6 is 11.3 Å². The highest BCUT2D eigenvalue weighted by molar-refractivity contribution is 7.15. The monoisotopic (exact) mass is 241 g/mol. The number of rotatable bonds is 5. The summed E-state index contributed by atoms with van der Waals surface area (Å²) in [4.78, 5) is 17.2. The third kappa shape index (κ3) is 3.28. The van der Waals surface area contributed by atoms with Crippen molar-refractivity contribution in [1.82, 2.24) is 4.98 Å². The van der Waals surface area contributed by atoms with Gasteiger partial charge in [-0.1, -0.05) is 13.3 Å². The molecule has 0 aliphatic rings. The number of hydrogen-bond acceptors (Lipinski definition) is 4. The Bertz CT molecular complexity index is 343. The lowest BCUT2D eigenvalue weighted by Crippen LogP contribution is -2.29. The number of thiazole rings is 1. The first-order valence-corrected chi connectivity index (χ1v) is 6.35. The van der Waals surface area contributed by atoms with Gasteiger partial charge in [0.15, 0.2) is 5.13 Å². The highest BCUT2D eigenvalue weighted by atomic mass is 32.1. The Hall–Kier alpha value is -0.940. The molecule has 1 unspecified atom stereocenters. The average molecular weight is 241 g/mol. The minimum Gasteiger partial charge on any atom is -0.330 e. The van der Waals surface area contributed by atoms with E-state index in [0.29, 0.717) is 11.7 Å². The fourth-order valence-corrected chi connectivity index (χ4v) is 2.26. The number of hydrogen-bond donors (Lipinski definition) is 2. The molecule has 1 aromatic heterocycles. The number of carbonyl (C=O) groups excluding carboxylic acids is 1. The Balaban J connectivity index is 2.62. The summed E-state index contributed by atoms with van der Waals surface area (Å²) < 4.78 is 0. The van der Waals surface area contributed by atoms with Gasteiger partial charge in [-0.3, -0.25) is 4.79 Å². The molecule has 0 aromatic carbocycles. The van der Waals surface area contributed by atoms with E-state index >= 15 is 0 Å². The minimum atomic E-state index is -0.102. The summed E-state index contributed by atoms with van der Waals surface area (Å²) in [5.74, 6) is -0.118. The fraction of sp³-hybridized carbons (Fsp3) is 0.636. The van der Waals surface area contributed by atoms with Gasteiger partial charge in [-0.25, -0.2) is 4.98 Å². The molecule has 1 aromatic rings. The molecule has 16 heavy (non-hydrogen) atoms. The predicted octanol–water partition coefficient (Wildman–Crippen LogP) is 2.07. The summed E-state index contributed by atoms with van der Waals surface area (Å²) in [6.07, 6.45) is 1.79.